The molecule has 0 saturated heterocycles. The molecule has 0 aliphatic heterocycles. The predicted molar refractivity (Wildman–Crippen MR) is 224 cm³/mol. The van der Waals surface area contributed by atoms with Crippen molar-refractivity contribution in [2.24, 2.45) is 0 Å². The number of fused-ring (bicyclic) bond motifs is 14. The Balaban J connectivity index is 1.20. The first kappa shape index (κ1) is 28.9. The van der Waals surface area contributed by atoms with Gasteiger partial charge in [-0.3, -0.25) is 0 Å². The van der Waals surface area contributed by atoms with Gasteiger partial charge in [-0.2, -0.15) is 0 Å². The smallest absolute Gasteiger partial charge is 0.0619 e. The fourth-order valence-electron chi connectivity index (χ4n) is 10.1. The highest BCUT2D eigenvalue weighted by Gasteiger charge is 2.51. The van der Waals surface area contributed by atoms with Crippen LogP contribution in [-0.2, 0) is 5.41 Å². The van der Waals surface area contributed by atoms with Crippen molar-refractivity contribution >= 4 is 43.1 Å². The van der Waals surface area contributed by atoms with E-state index in [4.69, 9.17) is 0 Å². The molecule has 0 heterocycles. The molecular weight excluding hydrogens is 637 g/mol. The summed E-state index contributed by atoms with van der Waals surface area (Å²) in [6.07, 6.45) is 0. The first-order valence-corrected chi connectivity index (χ1v) is 18.6. The van der Waals surface area contributed by atoms with Crippen LogP contribution in [0.3, 0.4) is 0 Å². The van der Waals surface area contributed by atoms with Gasteiger partial charge < -0.3 is 0 Å². The Bertz CT molecular complexity index is 2850. The van der Waals surface area contributed by atoms with E-state index < -0.39 is 5.41 Å². The molecule has 0 unspecified atom stereocenters. The van der Waals surface area contributed by atoms with Gasteiger partial charge in [0.05, 0.1) is 5.41 Å². The lowest BCUT2D eigenvalue weighted by Gasteiger charge is -2.31. The monoisotopic (exact) mass is 668 g/mol. The lowest BCUT2D eigenvalue weighted by Crippen LogP contribution is -2.26. The molecule has 2 aliphatic rings. The minimum atomic E-state index is -0.468. The maximum Gasteiger partial charge on any atom is 0.0725 e. The fourth-order valence-corrected chi connectivity index (χ4v) is 10.1. The highest BCUT2D eigenvalue weighted by molar-refractivity contribution is 6.14. The third-order valence-corrected chi connectivity index (χ3v) is 12.2. The van der Waals surface area contributed by atoms with Gasteiger partial charge in [0.2, 0.25) is 0 Å². The minimum Gasteiger partial charge on any atom is -0.0619 e. The highest BCUT2D eigenvalue weighted by atomic mass is 14.5. The molecule has 0 saturated carbocycles. The molecule has 2 aliphatic carbocycles. The molecule has 0 amide bonds. The van der Waals surface area contributed by atoms with Crippen LogP contribution in [0.25, 0.3) is 87.6 Å². The van der Waals surface area contributed by atoms with E-state index >= 15 is 0 Å². The van der Waals surface area contributed by atoms with Crippen molar-refractivity contribution < 1.29 is 0 Å². The van der Waals surface area contributed by atoms with Gasteiger partial charge in [-0.1, -0.05) is 170 Å². The van der Waals surface area contributed by atoms with Gasteiger partial charge in [0.25, 0.3) is 0 Å². The second-order valence-corrected chi connectivity index (χ2v) is 14.7. The molecule has 0 N–H and O–H groups in total. The quantitative estimate of drug-likeness (QED) is 0.161. The number of hydrogen-bond donors (Lipinski definition) is 0. The zero-order valence-corrected chi connectivity index (χ0v) is 29.0. The van der Waals surface area contributed by atoms with Crippen molar-refractivity contribution in [1.29, 1.82) is 0 Å². The largest absolute Gasteiger partial charge is 0.0725 e. The van der Waals surface area contributed by atoms with E-state index in [-0.39, 0.29) is 0 Å². The third-order valence-electron chi connectivity index (χ3n) is 12.2. The van der Waals surface area contributed by atoms with E-state index in [2.05, 4.69) is 194 Å². The molecule has 0 heteroatoms. The number of hydrogen-bond acceptors (Lipinski definition) is 0. The fraction of sp³-hybridized carbons (Fsp3) is 0.0189. The third kappa shape index (κ3) is 3.80. The summed E-state index contributed by atoms with van der Waals surface area (Å²) in [6, 6.07) is 73.0. The maximum absolute atomic E-state index is 2.54. The lowest BCUT2D eigenvalue weighted by atomic mass is 9.69. The van der Waals surface area contributed by atoms with Crippen molar-refractivity contribution in [2.45, 2.75) is 5.41 Å². The molecule has 10 aromatic rings. The lowest BCUT2D eigenvalue weighted by molar-refractivity contribution is 0.794. The topological polar surface area (TPSA) is 0 Å². The Labute approximate surface area is 308 Å². The van der Waals surface area contributed by atoms with E-state index in [9.17, 15) is 0 Å². The standard InChI is InChI=1S/C53H32/c1-5-17-39-33(13-1)29-34-14-2-6-18-40(34)51(39)37-25-27-45-43-21-9-11-23-47(43)53(49(45)31-37)48-24-12-10-22-44(48)46-28-26-38(32-50(46)53)52-41-19-7-3-15-35(41)30-36-16-4-8-20-42(36)52/h1-32H. The molecule has 0 fully saturated rings. The number of rotatable bonds is 2. The van der Waals surface area contributed by atoms with Gasteiger partial charge in [0.1, 0.15) is 0 Å². The summed E-state index contributed by atoms with van der Waals surface area (Å²) in [7, 11) is 0. The summed E-state index contributed by atoms with van der Waals surface area (Å²) in [6.45, 7) is 0. The summed E-state index contributed by atoms with van der Waals surface area (Å²) in [5.74, 6) is 0. The molecule has 0 bridgehead atoms. The second-order valence-electron chi connectivity index (χ2n) is 14.7. The molecule has 0 aromatic heterocycles. The van der Waals surface area contributed by atoms with E-state index in [0.717, 1.165) is 0 Å². The first-order valence-electron chi connectivity index (χ1n) is 18.6. The molecule has 0 nitrogen and oxygen atoms in total. The Morgan fingerprint density at radius 3 is 0.962 bits per heavy atom. The molecule has 0 atom stereocenters. The summed E-state index contributed by atoms with van der Waals surface area (Å²) in [5, 5.41) is 10.2. The average Bonchev–Trinajstić information content (AvgIpc) is 3.68. The average molecular weight is 669 g/mol. The van der Waals surface area contributed by atoms with Crippen molar-refractivity contribution in [3.8, 4) is 44.5 Å². The van der Waals surface area contributed by atoms with Gasteiger partial charge in [-0.15, -0.1) is 0 Å². The highest BCUT2D eigenvalue weighted by Crippen LogP contribution is 2.63. The Kier molecular flexibility index (Phi) is 5.80. The summed E-state index contributed by atoms with van der Waals surface area (Å²) in [5.41, 5.74) is 15.4. The van der Waals surface area contributed by atoms with Crippen LogP contribution in [0.15, 0.2) is 194 Å². The van der Waals surface area contributed by atoms with Gasteiger partial charge in [0.15, 0.2) is 0 Å². The predicted octanol–water partition coefficient (Wildman–Crippen LogP) is 14.0. The Morgan fingerprint density at radius 2 is 0.566 bits per heavy atom. The zero-order valence-electron chi connectivity index (χ0n) is 29.0. The van der Waals surface area contributed by atoms with Gasteiger partial charge in [-0.25, -0.2) is 0 Å². The molecule has 1 spiro atoms. The molecule has 53 heavy (non-hydrogen) atoms. The Morgan fingerprint density at radius 1 is 0.245 bits per heavy atom. The van der Waals surface area contributed by atoms with Gasteiger partial charge in [-0.05, 0) is 134 Å². The number of benzene rings is 10. The van der Waals surface area contributed by atoms with Crippen molar-refractivity contribution in [2.75, 3.05) is 0 Å². The van der Waals surface area contributed by atoms with Crippen LogP contribution >= 0.6 is 0 Å². The van der Waals surface area contributed by atoms with Crippen LogP contribution in [0.5, 0.6) is 0 Å². The van der Waals surface area contributed by atoms with E-state index in [0.29, 0.717) is 0 Å². The van der Waals surface area contributed by atoms with Crippen LogP contribution in [0, 0.1) is 0 Å². The van der Waals surface area contributed by atoms with Crippen LogP contribution < -0.4 is 0 Å². The summed E-state index contributed by atoms with van der Waals surface area (Å²) < 4.78 is 0. The first-order chi connectivity index (χ1) is 26.3. The van der Waals surface area contributed by atoms with Crippen LogP contribution in [0.2, 0.25) is 0 Å². The molecule has 244 valence electrons. The van der Waals surface area contributed by atoms with Crippen LogP contribution in [0.4, 0.5) is 0 Å². The summed E-state index contributed by atoms with van der Waals surface area (Å²) >= 11 is 0. The molecule has 12 rings (SSSR count). The van der Waals surface area contributed by atoms with Crippen molar-refractivity contribution in [3.63, 3.8) is 0 Å². The minimum absolute atomic E-state index is 0.468. The SMILES string of the molecule is c1ccc2c(c1)-c1ccc(-c3c4ccccc4cc4ccccc34)cc1C21c2ccccc2-c2ccc(-c3c4ccccc4cc4ccccc34)cc21. The van der Waals surface area contributed by atoms with Crippen molar-refractivity contribution in [3.05, 3.63) is 216 Å². The van der Waals surface area contributed by atoms with E-state index in [1.54, 1.807) is 0 Å². The van der Waals surface area contributed by atoms with Crippen molar-refractivity contribution in [1.82, 2.24) is 0 Å². The molecule has 0 radical (unpaired) electrons. The van der Waals surface area contributed by atoms with Gasteiger partial charge in [0, 0.05) is 0 Å². The Hall–Kier alpha value is -6.76. The normalized spacial score (nSPS) is 13.4. The molecule has 10 aromatic carbocycles. The molecular formula is C53H32. The second kappa shape index (κ2) is 10.6. The van der Waals surface area contributed by atoms with E-state index in [1.807, 2.05) is 0 Å². The van der Waals surface area contributed by atoms with E-state index in [1.165, 1.54) is 110 Å². The zero-order chi connectivity index (χ0) is 34.7. The summed E-state index contributed by atoms with van der Waals surface area (Å²) in [4.78, 5) is 0. The maximum atomic E-state index is 2.54. The van der Waals surface area contributed by atoms with Crippen LogP contribution in [-0.4, -0.2) is 0 Å². The van der Waals surface area contributed by atoms with Crippen LogP contribution in [0.1, 0.15) is 22.3 Å². The van der Waals surface area contributed by atoms with Gasteiger partial charge >= 0.3 is 0 Å².